The van der Waals surface area contributed by atoms with Crippen LogP contribution in [0.15, 0.2) is 0 Å². The molecule has 8 heteroatoms. The summed E-state index contributed by atoms with van der Waals surface area (Å²) in [5.41, 5.74) is 0. The van der Waals surface area contributed by atoms with Gasteiger partial charge in [-0.15, -0.1) is 0 Å². The third-order valence-electron chi connectivity index (χ3n) is 5.96. The van der Waals surface area contributed by atoms with Crippen LogP contribution in [0.3, 0.4) is 0 Å². The third-order valence-corrected chi connectivity index (χ3v) is 5.96. The van der Waals surface area contributed by atoms with Gasteiger partial charge < -0.3 is 29.3 Å². The van der Waals surface area contributed by atoms with Crippen LogP contribution in [-0.4, -0.2) is 79.4 Å². The zero-order valence-corrected chi connectivity index (χ0v) is 22.0. The Hall–Kier alpha value is -1.38. The second kappa shape index (κ2) is 23.4. The van der Waals surface area contributed by atoms with E-state index in [1.54, 1.807) is 0 Å². The fourth-order valence-electron chi connectivity index (χ4n) is 3.60. The molecule has 0 fully saturated rings. The number of carbonyl (C=O) groups excluding carboxylic acids is 2. The molecule has 0 aromatic carbocycles. The molecular formula is C26H51NO7. The zero-order chi connectivity index (χ0) is 25.4. The predicted octanol–water partition coefficient (Wildman–Crippen LogP) is 4.84. The van der Waals surface area contributed by atoms with Gasteiger partial charge in [0.15, 0.2) is 0 Å². The normalized spacial score (nSPS) is 12.2. The maximum Gasteiger partial charge on any atom is 0.508 e. The van der Waals surface area contributed by atoms with Crippen molar-refractivity contribution in [2.45, 2.75) is 116 Å². The summed E-state index contributed by atoms with van der Waals surface area (Å²) in [5.74, 6) is -0.527. The smallest absolute Gasteiger partial charge is 0.457 e. The number of hydrogen-bond donors (Lipinski definition) is 2. The van der Waals surface area contributed by atoms with Gasteiger partial charge in [0, 0.05) is 13.0 Å². The maximum atomic E-state index is 12.1. The minimum atomic E-state index is -0.917. The fraction of sp³-hybridized carbons (Fsp3) is 0.923. The molecule has 2 N–H and O–H groups in total. The quantitative estimate of drug-likeness (QED) is 0.155. The largest absolute Gasteiger partial charge is 0.508 e. The molecule has 0 bridgehead atoms. The van der Waals surface area contributed by atoms with E-state index in [9.17, 15) is 9.59 Å². The Bertz CT molecular complexity index is 486. The summed E-state index contributed by atoms with van der Waals surface area (Å²) in [6.45, 7) is 5.52. The molecule has 0 saturated carbocycles. The molecular weight excluding hydrogens is 438 g/mol. The second-order valence-electron chi connectivity index (χ2n) is 9.07. The summed E-state index contributed by atoms with van der Waals surface area (Å²) in [4.78, 5) is 26.3. The standard InChI is InChI=1S/C26H51NO7/c1-4-6-7-8-9-10-11-12-13-14-16-23(17-18-25(30)33-24(21-28)22-29)34-26(31)32-20-15-19-27(3)5-2/h23-24,28-29H,4-22H2,1-3H3. The lowest BCUT2D eigenvalue weighted by atomic mass is 10.0. The van der Waals surface area contributed by atoms with Crippen LogP contribution in [0, 0.1) is 0 Å². The third kappa shape index (κ3) is 20.0. The Morgan fingerprint density at radius 2 is 1.35 bits per heavy atom. The van der Waals surface area contributed by atoms with E-state index in [2.05, 4.69) is 18.7 Å². The van der Waals surface area contributed by atoms with Crippen LogP contribution in [-0.2, 0) is 19.0 Å². The minimum Gasteiger partial charge on any atom is -0.457 e. The van der Waals surface area contributed by atoms with Gasteiger partial charge in [-0.25, -0.2) is 4.79 Å². The molecule has 0 aromatic rings. The van der Waals surface area contributed by atoms with Crippen LogP contribution < -0.4 is 0 Å². The van der Waals surface area contributed by atoms with Crippen molar-refractivity contribution in [1.82, 2.24) is 4.90 Å². The number of rotatable bonds is 23. The van der Waals surface area contributed by atoms with E-state index in [0.717, 1.165) is 38.8 Å². The summed E-state index contributed by atoms with van der Waals surface area (Å²) in [6, 6.07) is 0. The number of esters is 1. The highest BCUT2D eigenvalue weighted by Gasteiger charge is 2.19. The lowest BCUT2D eigenvalue weighted by Crippen LogP contribution is -2.27. The number of nitrogens with zero attached hydrogens (tertiary/aromatic N) is 1. The molecule has 1 atom stereocenters. The molecule has 0 heterocycles. The molecule has 34 heavy (non-hydrogen) atoms. The van der Waals surface area contributed by atoms with Gasteiger partial charge in [-0.3, -0.25) is 4.79 Å². The maximum absolute atomic E-state index is 12.1. The van der Waals surface area contributed by atoms with Crippen LogP contribution in [0.4, 0.5) is 4.79 Å². The van der Waals surface area contributed by atoms with Gasteiger partial charge in [-0.05, 0) is 39.3 Å². The van der Waals surface area contributed by atoms with Crippen molar-refractivity contribution in [2.24, 2.45) is 0 Å². The van der Waals surface area contributed by atoms with Crippen molar-refractivity contribution in [2.75, 3.05) is 40.0 Å². The van der Waals surface area contributed by atoms with Gasteiger partial charge in [-0.2, -0.15) is 0 Å². The Labute approximate surface area is 207 Å². The van der Waals surface area contributed by atoms with Gasteiger partial charge in [0.2, 0.25) is 0 Å². The summed E-state index contributed by atoms with van der Waals surface area (Å²) in [7, 11) is 2.01. The highest BCUT2D eigenvalue weighted by Crippen LogP contribution is 2.16. The van der Waals surface area contributed by atoms with Gasteiger partial charge in [-0.1, -0.05) is 71.6 Å². The molecule has 202 valence electrons. The Morgan fingerprint density at radius 3 is 1.91 bits per heavy atom. The predicted molar refractivity (Wildman–Crippen MR) is 134 cm³/mol. The van der Waals surface area contributed by atoms with Crippen LogP contribution in [0.2, 0.25) is 0 Å². The molecule has 0 aromatic heterocycles. The molecule has 0 rings (SSSR count). The van der Waals surface area contributed by atoms with E-state index in [1.165, 1.54) is 44.9 Å². The molecule has 0 radical (unpaired) electrons. The van der Waals surface area contributed by atoms with Crippen molar-refractivity contribution in [3.8, 4) is 0 Å². The lowest BCUT2D eigenvalue weighted by molar-refractivity contribution is -0.154. The van der Waals surface area contributed by atoms with Crippen molar-refractivity contribution in [3.05, 3.63) is 0 Å². The zero-order valence-electron chi connectivity index (χ0n) is 22.0. The van der Waals surface area contributed by atoms with Crippen LogP contribution >= 0.6 is 0 Å². The first-order chi connectivity index (χ1) is 16.5. The van der Waals surface area contributed by atoms with E-state index in [4.69, 9.17) is 24.4 Å². The Morgan fingerprint density at radius 1 is 0.765 bits per heavy atom. The highest BCUT2D eigenvalue weighted by atomic mass is 16.7. The monoisotopic (exact) mass is 489 g/mol. The summed E-state index contributed by atoms with van der Waals surface area (Å²) in [6.07, 6.45) is 11.9. The molecule has 1 unspecified atom stereocenters. The SMILES string of the molecule is CCCCCCCCCCCCC(CCC(=O)OC(CO)CO)OC(=O)OCCCN(C)CC. The minimum absolute atomic E-state index is 0.0491. The van der Waals surface area contributed by atoms with E-state index in [0.29, 0.717) is 19.4 Å². The van der Waals surface area contributed by atoms with E-state index in [-0.39, 0.29) is 6.42 Å². The molecule has 0 aliphatic carbocycles. The van der Waals surface area contributed by atoms with Crippen molar-refractivity contribution < 1.29 is 34.0 Å². The van der Waals surface area contributed by atoms with E-state index < -0.39 is 37.5 Å². The topological polar surface area (TPSA) is 106 Å². The van der Waals surface area contributed by atoms with Crippen LogP contribution in [0.25, 0.3) is 0 Å². The fourth-order valence-corrected chi connectivity index (χ4v) is 3.60. The number of aliphatic hydroxyl groups excluding tert-OH is 2. The number of carbonyl (C=O) groups is 2. The summed E-state index contributed by atoms with van der Waals surface area (Å²) in [5, 5.41) is 18.1. The number of hydrogen-bond acceptors (Lipinski definition) is 8. The number of ether oxygens (including phenoxy) is 3. The van der Waals surface area contributed by atoms with E-state index >= 15 is 0 Å². The number of unbranched alkanes of at least 4 members (excludes halogenated alkanes) is 9. The van der Waals surface area contributed by atoms with Crippen molar-refractivity contribution >= 4 is 12.1 Å². The van der Waals surface area contributed by atoms with Gasteiger partial charge in [0.1, 0.15) is 12.2 Å². The first kappa shape index (κ1) is 32.6. The number of aliphatic hydroxyl groups is 2. The van der Waals surface area contributed by atoms with Gasteiger partial charge >= 0.3 is 12.1 Å². The van der Waals surface area contributed by atoms with Gasteiger partial charge in [0.05, 0.1) is 19.8 Å². The molecule has 0 aliphatic rings. The average Bonchev–Trinajstić information content (AvgIpc) is 2.84. The molecule has 0 saturated heterocycles. The average molecular weight is 490 g/mol. The van der Waals surface area contributed by atoms with E-state index in [1.807, 2.05) is 7.05 Å². The molecule has 0 amide bonds. The first-order valence-electron chi connectivity index (χ1n) is 13.4. The second-order valence-corrected chi connectivity index (χ2v) is 9.07. The molecule has 0 spiro atoms. The van der Waals surface area contributed by atoms with Crippen molar-refractivity contribution in [1.29, 1.82) is 0 Å². The van der Waals surface area contributed by atoms with Crippen LogP contribution in [0.5, 0.6) is 0 Å². The van der Waals surface area contributed by atoms with Crippen molar-refractivity contribution in [3.63, 3.8) is 0 Å². The Kier molecular flexibility index (Phi) is 22.4. The Balaban J connectivity index is 4.31. The lowest BCUT2D eigenvalue weighted by Gasteiger charge is -2.19. The van der Waals surface area contributed by atoms with Gasteiger partial charge in [0.25, 0.3) is 0 Å². The first-order valence-corrected chi connectivity index (χ1v) is 13.4. The van der Waals surface area contributed by atoms with Crippen LogP contribution in [0.1, 0.15) is 104 Å². The summed E-state index contributed by atoms with van der Waals surface area (Å²) < 4.78 is 15.7. The molecule has 8 nitrogen and oxygen atoms in total. The highest BCUT2D eigenvalue weighted by molar-refractivity contribution is 5.69. The summed E-state index contributed by atoms with van der Waals surface area (Å²) >= 11 is 0. The molecule has 0 aliphatic heterocycles.